The van der Waals surface area contributed by atoms with Crippen molar-refractivity contribution in [1.29, 1.82) is 0 Å². The molecule has 0 aliphatic heterocycles. The van der Waals surface area contributed by atoms with Gasteiger partial charge in [0.25, 0.3) is 5.78 Å². The molecule has 1 heterocycles. The molecule has 108 valence electrons. The molecule has 6 heteroatoms. The normalized spacial score (nSPS) is 12.3. The minimum Gasteiger partial charge on any atom is -0.346 e. The Kier molecular flexibility index (Phi) is 3.82. The fourth-order valence-electron chi connectivity index (χ4n) is 2.14. The number of hydrogen-bond acceptors (Lipinski definition) is 1. The Morgan fingerprint density at radius 1 is 1.35 bits per heavy atom. The van der Waals surface area contributed by atoms with E-state index in [1.807, 2.05) is 13.8 Å². The zero-order valence-corrected chi connectivity index (χ0v) is 11.7. The summed E-state index contributed by atoms with van der Waals surface area (Å²) in [5.41, 5.74) is 0.212. The van der Waals surface area contributed by atoms with Gasteiger partial charge in [-0.1, -0.05) is 31.5 Å². The van der Waals surface area contributed by atoms with E-state index in [2.05, 4.69) is 0 Å². The molecule has 0 fully saturated rings. The first-order chi connectivity index (χ1) is 9.20. The maximum atomic E-state index is 12.6. The summed E-state index contributed by atoms with van der Waals surface area (Å²) in [6.07, 6.45) is -3.62. The van der Waals surface area contributed by atoms with Crippen LogP contribution in [0.4, 0.5) is 13.2 Å². The molecular weight excluding hydrogens is 291 g/mol. The summed E-state index contributed by atoms with van der Waals surface area (Å²) in [5.74, 6) is -1.59. The lowest BCUT2D eigenvalue weighted by atomic mass is 10.1. The summed E-state index contributed by atoms with van der Waals surface area (Å²) in [6.45, 7) is 4.41. The summed E-state index contributed by atoms with van der Waals surface area (Å²) in [7, 11) is 0. The molecule has 0 atom stereocenters. The SMILES string of the molecule is CC(C)Cn1cc(C(=O)C(F)(F)F)c2ccc(Cl)cc21. The number of ketones is 1. The van der Waals surface area contributed by atoms with Crippen LogP contribution in [0.15, 0.2) is 24.4 Å². The van der Waals surface area contributed by atoms with Crippen LogP contribution in [0.1, 0.15) is 24.2 Å². The first-order valence-corrected chi connectivity index (χ1v) is 6.48. The number of halogens is 4. The standard InChI is InChI=1S/C14H13ClF3NO/c1-8(2)6-19-7-11(13(20)14(16,17)18)10-4-3-9(15)5-12(10)19/h3-5,7-8H,6H2,1-2H3. The molecule has 0 unspecified atom stereocenters. The van der Waals surface area contributed by atoms with Gasteiger partial charge >= 0.3 is 6.18 Å². The molecule has 2 aromatic rings. The van der Waals surface area contributed by atoms with Gasteiger partial charge in [-0.05, 0) is 18.1 Å². The second kappa shape index (κ2) is 5.13. The molecule has 2 rings (SSSR count). The van der Waals surface area contributed by atoms with E-state index in [1.54, 1.807) is 10.6 Å². The van der Waals surface area contributed by atoms with Gasteiger partial charge in [-0.25, -0.2) is 0 Å². The van der Waals surface area contributed by atoms with Crippen molar-refractivity contribution in [3.8, 4) is 0 Å². The number of benzene rings is 1. The van der Waals surface area contributed by atoms with Crippen LogP contribution in [0.25, 0.3) is 10.9 Å². The van der Waals surface area contributed by atoms with Gasteiger partial charge in [-0.15, -0.1) is 0 Å². The van der Waals surface area contributed by atoms with Crippen molar-refractivity contribution in [3.63, 3.8) is 0 Å². The molecule has 1 aromatic carbocycles. The third-order valence-corrected chi connectivity index (χ3v) is 3.14. The Morgan fingerprint density at radius 2 is 2.00 bits per heavy atom. The number of rotatable bonds is 3. The summed E-state index contributed by atoms with van der Waals surface area (Å²) < 4.78 is 39.5. The van der Waals surface area contributed by atoms with Crippen molar-refractivity contribution in [1.82, 2.24) is 4.57 Å². The Hall–Kier alpha value is -1.49. The molecule has 0 saturated heterocycles. The van der Waals surface area contributed by atoms with E-state index >= 15 is 0 Å². The van der Waals surface area contributed by atoms with Crippen LogP contribution in [-0.4, -0.2) is 16.5 Å². The van der Waals surface area contributed by atoms with E-state index in [4.69, 9.17) is 11.6 Å². The maximum absolute atomic E-state index is 12.6. The molecule has 0 aliphatic carbocycles. The van der Waals surface area contributed by atoms with E-state index in [9.17, 15) is 18.0 Å². The van der Waals surface area contributed by atoms with Gasteiger partial charge in [0, 0.05) is 23.2 Å². The lowest BCUT2D eigenvalue weighted by molar-refractivity contribution is -0.0884. The van der Waals surface area contributed by atoms with Crippen molar-refractivity contribution >= 4 is 28.3 Å². The third-order valence-electron chi connectivity index (χ3n) is 2.91. The Bertz CT molecular complexity index is 658. The number of Topliss-reactive ketones (excluding diaryl/α,β-unsaturated/α-hetero) is 1. The van der Waals surface area contributed by atoms with Crippen LogP contribution in [0.3, 0.4) is 0 Å². The van der Waals surface area contributed by atoms with Gasteiger partial charge < -0.3 is 4.57 Å². The number of aromatic nitrogens is 1. The summed E-state index contributed by atoms with van der Waals surface area (Å²) in [4.78, 5) is 11.5. The van der Waals surface area contributed by atoms with Crippen LogP contribution in [0, 0.1) is 5.92 Å². The van der Waals surface area contributed by atoms with Gasteiger partial charge in [-0.2, -0.15) is 13.2 Å². The van der Waals surface area contributed by atoms with Gasteiger partial charge in [0.2, 0.25) is 0 Å². The van der Waals surface area contributed by atoms with E-state index in [-0.39, 0.29) is 16.9 Å². The second-order valence-corrected chi connectivity index (χ2v) is 5.51. The lowest BCUT2D eigenvalue weighted by Gasteiger charge is -2.08. The zero-order chi connectivity index (χ0) is 15.1. The van der Waals surface area contributed by atoms with Crippen LogP contribution in [0.2, 0.25) is 5.02 Å². The summed E-state index contributed by atoms with van der Waals surface area (Å²) in [6, 6.07) is 4.51. The molecule has 2 nitrogen and oxygen atoms in total. The highest BCUT2D eigenvalue weighted by atomic mass is 35.5. The smallest absolute Gasteiger partial charge is 0.346 e. The minimum atomic E-state index is -4.88. The number of hydrogen-bond donors (Lipinski definition) is 0. The fraction of sp³-hybridized carbons (Fsp3) is 0.357. The van der Waals surface area contributed by atoms with Crippen LogP contribution >= 0.6 is 11.6 Å². The molecule has 0 aliphatic rings. The molecule has 0 radical (unpaired) electrons. The molecular formula is C14H13ClF3NO. The van der Waals surface area contributed by atoms with E-state index in [1.165, 1.54) is 18.3 Å². The largest absolute Gasteiger partial charge is 0.454 e. The van der Waals surface area contributed by atoms with Crippen molar-refractivity contribution in [3.05, 3.63) is 35.0 Å². The minimum absolute atomic E-state index is 0.235. The van der Waals surface area contributed by atoms with Gasteiger partial charge in [0.1, 0.15) is 0 Å². The summed E-state index contributed by atoms with van der Waals surface area (Å²) >= 11 is 5.89. The van der Waals surface area contributed by atoms with Gasteiger partial charge in [0.05, 0.1) is 11.1 Å². The van der Waals surface area contributed by atoms with Crippen molar-refractivity contribution in [2.75, 3.05) is 0 Å². The number of fused-ring (bicyclic) bond motifs is 1. The highest BCUT2D eigenvalue weighted by Crippen LogP contribution is 2.30. The highest BCUT2D eigenvalue weighted by Gasteiger charge is 2.40. The van der Waals surface area contributed by atoms with E-state index in [0.29, 0.717) is 17.1 Å². The Labute approximate surface area is 119 Å². The zero-order valence-electron chi connectivity index (χ0n) is 11.0. The maximum Gasteiger partial charge on any atom is 0.454 e. The monoisotopic (exact) mass is 303 g/mol. The van der Waals surface area contributed by atoms with Gasteiger partial charge in [-0.3, -0.25) is 4.79 Å². The molecule has 0 N–H and O–H groups in total. The van der Waals surface area contributed by atoms with Crippen molar-refractivity contribution in [2.45, 2.75) is 26.6 Å². The predicted octanol–water partition coefficient (Wildman–Crippen LogP) is 4.70. The number of carbonyl (C=O) groups is 1. The number of carbonyl (C=O) groups excluding carboxylic acids is 1. The van der Waals surface area contributed by atoms with Gasteiger partial charge in [0.15, 0.2) is 0 Å². The average Bonchev–Trinajstić information content (AvgIpc) is 2.64. The van der Waals surface area contributed by atoms with Crippen molar-refractivity contribution < 1.29 is 18.0 Å². The van der Waals surface area contributed by atoms with Crippen LogP contribution < -0.4 is 0 Å². The van der Waals surface area contributed by atoms with E-state index < -0.39 is 12.0 Å². The number of nitrogens with zero attached hydrogens (tertiary/aromatic N) is 1. The average molecular weight is 304 g/mol. The Morgan fingerprint density at radius 3 is 2.55 bits per heavy atom. The predicted molar refractivity (Wildman–Crippen MR) is 72.2 cm³/mol. The highest BCUT2D eigenvalue weighted by molar-refractivity contribution is 6.31. The van der Waals surface area contributed by atoms with Crippen molar-refractivity contribution in [2.24, 2.45) is 5.92 Å². The quantitative estimate of drug-likeness (QED) is 0.754. The fourth-order valence-corrected chi connectivity index (χ4v) is 2.31. The second-order valence-electron chi connectivity index (χ2n) is 5.08. The van der Waals surface area contributed by atoms with Crippen LogP contribution in [0.5, 0.6) is 0 Å². The molecule has 0 amide bonds. The van der Waals surface area contributed by atoms with E-state index in [0.717, 1.165) is 0 Å². The molecule has 0 saturated carbocycles. The topological polar surface area (TPSA) is 22.0 Å². The summed E-state index contributed by atoms with van der Waals surface area (Å²) in [5, 5.41) is 0.698. The lowest BCUT2D eigenvalue weighted by Crippen LogP contribution is -2.22. The first kappa shape index (κ1) is 14.9. The molecule has 20 heavy (non-hydrogen) atoms. The molecule has 0 spiro atoms. The Balaban J connectivity index is 2.64. The molecule has 0 bridgehead atoms. The van der Waals surface area contributed by atoms with Crippen LogP contribution in [-0.2, 0) is 6.54 Å². The number of alkyl halides is 3. The first-order valence-electron chi connectivity index (χ1n) is 6.10. The molecule has 1 aromatic heterocycles. The third kappa shape index (κ3) is 2.82.